The molecule has 0 unspecified atom stereocenters. The number of nitrogens with zero attached hydrogens (tertiary/aromatic N) is 1. The van der Waals surface area contributed by atoms with E-state index < -0.39 is 15.2 Å². The van der Waals surface area contributed by atoms with Crippen LogP contribution < -0.4 is 0 Å². The maximum Gasteiger partial charge on any atom is 0.376 e. The predicted molar refractivity (Wildman–Crippen MR) is 93.5 cm³/mol. The number of allylic oxidation sites excluding steroid dienone is 1. The van der Waals surface area contributed by atoms with E-state index >= 15 is 0 Å². The van der Waals surface area contributed by atoms with E-state index in [1.165, 1.54) is 6.20 Å². The van der Waals surface area contributed by atoms with Crippen molar-refractivity contribution in [2.24, 2.45) is 4.99 Å². The first kappa shape index (κ1) is 22.7. The van der Waals surface area contributed by atoms with Gasteiger partial charge >= 0.3 is 15.2 Å². The third-order valence-corrected chi connectivity index (χ3v) is 6.71. The van der Waals surface area contributed by atoms with E-state index in [0.717, 1.165) is 5.57 Å². The lowest BCUT2D eigenvalue weighted by Gasteiger charge is -2.22. The topological polar surface area (TPSA) is 83.4 Å². The monoisotopic (exact) mass is 369 g/mol. The minimum atomic E-state index is -3.66. The number of hydrogen-bond acceptors (Lipinski definition) is 7. The second-order valence-electron chi connectivity index (χ2n) is 4.69. The molecule has 0 heterocycles. The van der Waals surface area contributed by atoms with Crippen molar-refractivity contribution in [1.82, 2.24) is 0 Å². The molecule has 0 fully saturated rings. The smallest absolute Gasteiger partial charge is 0.309 e. The second kappa shape index (κ2) is 11.3. The van der Waals surface area contributed by atoms with Gasteiger partial charge in [-0.25, -0.2) is 0 Å². The van der Waals surface area contributed by atoms with Gasteiger partial charge in [-0.1, -0.05) is 5.57 Å². The zero-order valence-electron chi connectivity index (χ0n) is 14.9. The van der Waals surface area contributed by atoms with Crippen molar-refractivity contribution < 1.29 is 27.2 Å². The first-order chi connectivity index (χ1) is 10.8. The minimum absolute atomic E-state index is 0.0487. The molecule has 0 aliphatic heterocycles. The Kier molecular flexibility index (Phi) is 11.2. The molecule has 0 aliphatic carbocycles. The van der Waals surface area contributed by atoms with Gasteiger partial charge in [-0.3, -0.25) is 14.1 Å². The third-order valence-electron chi connectivity index (χ3n) is 2.37. The maximum atomic E-state index is 13.0. The van der Waals surface area contributed by atoms with E-state index in [4.69, 9.17) is 18.1 Å². The van der Waals surface area contributed by atoms with Crippen molar-refractivity contribution in [1.29, 1.82) is 0 Å². The molecule has 0 aromatic heterocycles. The van der Waals surface area contributed by atoms with Crippen LogP contribution in [-0.4, -0.2) is 38.0 Å². The van der Waals surface area contributed by atoms with Crippen LogP contribution in [-0.2, 0) is 27.2 Å². The van der Waals surface area contributed by atoms with Crippen LogP contribution in [0, 0.1) is 0 Å². The summed E-state index contributed by atoms with van der Waals surface area (Å²) in [6, 6.07) is 0. The average Bonchev–Trinajstić information content (AvgIpc) is 2.44. The third kappa shape index (κ3) is 8.39. The summed E-state index contributed by atoms with van der Waals surface area (Å²) in [5.74, 6) is 0. The van der Waals surface area contributed by atoms with Crippen molar-refractivity contribution in [3.8, 4) is 0 Å². The van der Waals surface area contributed by atoms with Gasteiger partial charge in [0.25, 0.3) is 0 Å². The van der Waals surface area contributed by atoms with E-state index in [0.29, 0.717) is 0 Å². The van der Waals surface area contributed by atoms with Gasteiger partial charge in [0.2, 0.25) is 0 Å². The highest BCUT2D eigenvalue weighted by molar-refractivity contribution is 7.74. The van der Waals surface area contributed by atoms with E-state index in [9.17, 15) is 9.13 Å². The van der Waals surface area contributed by atoms with Crippen LogP contribution in [0.5, 0.6) is 0 Å². The Balaban J connectivity index is 5.78. The molecule has 0 saturated heterocycles. The van der Waals surface area contributed by atoms with Crippen LogP contribution in [0.2, 0.25) is 0 Å². The molecule has 0 spiro atoms. The van der Waals surface area contributed by atoms with Gasteiger partial charge < -0.3 is 18.1 Å². The Morgan fingerprint density at radius 1 is 0.870 bits per heavy atom. The largest absolute Gasteiger partial charge is 0.376 e. The fourth-order valence-corrected chi connectivity index (χ4v) is 5.56. The highest BCUT2D eigenvalue weighted by Gasteiger charge is 2.38. The standard InChI is InChI=1S/C14H29NO6P2/c1-7-18-22(16,19-8-2)12-14(15-11-13(5)6)23(17,20-9-3)21-10-4/h11H,7-10,12H2,1-6H3. The lowest BCUT2D eigenvalue weighted by Crippen LogP contribution is -2.14. The van der Waals surface area contributed by atoms with Gasteiger partial charge in [-0.2, -0.15) is 0 Å². The van der Waals surface area contributed by atoms with Crippen molar-refractivity contribution in [3.05, 3.63) is 11.8 Å². The summed E-state index contributed by atoms with van der Waals surface area (Å²) in [5.41, 5.74) is 0.942. The van der Waals surface area contributed by atoms with E-state index in [-0.39, 0.29) is 38.0 Å². The lowest BCUT2D eigenvalue weighted by molar-refractivity contribution is 0.221. The molecular formula is C14H29NO6P2. The molecule has 7 nitrogen and oxygen atoms in total. The highest BCUT2D eigenvalue weighted by atomic mass is 31.2. The van der Waals surface area contributed by atoms with E-state index in [1.54, 1.807) is 27.7 Å². The van der Waals surface area contributed by atoms with Gasteiger partial charge in [0.1, 0.15) is 11.6 Å². The highest BCUT2D eigenvalue weighted by Crippen LogP contribution is 2.57. The fraction of sp³-hybridized carbons (Fsp3) is 0.786. The van der Waals surface area contributed by atoms with Crippen LogP contribution >= 0.6 is 15.2 Å². The first-order valence-electron chi connectivity index (χ1n) is 7.74. The second-order valence-corrected chi connectivity index (χ2v) is 8.77. The van der Waals surface area contributed by atoms with Crippen LogP contribution in [0.25, 0.3) is 0 Å². The molecule has 0 atom stereocenters. The van der Waals surface area contributed by atoms with Gasteiger partial charge in [0.15, 0.2) is 0 Å². The maximum absolute atomic E-state index is 13.0. The van der Waals surface area contributed by atoms with Crippen molar-refractivity contribution in [2.45, 2.75) is 41.5 Å². The molecule has 136 valence electrons. The van der Waals surface area contributed by atoms with Crippen LogP contribution in [0.4, 0.5) is 0 Å². The van der Waals surface area contributed by atoms with Gasteiger partial charge in [0.05, 0.1) is 26.4 Å². The molecule has 0 aromatic carbocycles. The Morgan fingerprint density at radius 3 is 1.65 bits per heavy atom. The molecule has 0 bridgehead atoms. The summed E-state index contributed by atoms with van der Waals surface area (Å²) in [5, 5.41) is 0. The molecule has 0 rings (SSSR count). The van der Waals surface area contributed by atoms with Gasteiger partial charge in [0, 0.05) is 6.20 Å². The number of aliphatic imine (C=N–C) groups is 1. The molecule has 0 aromatic rings. The number of hydrogen-bond donors (Lipinski definition) is 0. The van der Waals surface area contributed by atoms with E-state index in [2.05, 4.69) is 4.99 Å². The van der Waals surface area contributed by atoms with Crippen LogP contribution in [0.3, 0.4) is 0 Å². The van der Waals surface area contributed by atoms with E-state index in [1.807, 2.05) is 13.8 Å². The average molecular weight is 369 g/mol. The predicted octanol–water partition coefficient (Wildman–Crippen LogP) is 4.84. The van der Waals surface area contributed by atoms with Gasteiger partial charge in [-0.15, -0.1) is 0 Å². The molecule has 0 amide bonds. The molecule has 0 radical (unpaired) electrons. The SMILES string of the molecule is CCOP(=O)(CC(=NC=C(C)C)P(=O)(OCC)OCC)OCC. The van der Waals surface area contributed by atoms with Crippen molar-refractivity contribution >= 4 is 20.6 Å². The zero-order chi connectivity index (χ0) is 17.9. The van der Waals surface area contributed by atoms with Crippen LogP contribution in [0.1, 0.15) is 41.5 Å². The molecular weight excluding hydrogens is 340 g/mol. The summed E-state index contributed by atoms with van der Waals surface area (Å²) in [4.78, 5) is 4.19. The molecule has 9 heteroatoms. The van der Waals surface area contributed by atoms with Crippen molar-refractivity contribution in [2.75, 3.05) is 32.6 Å². The molecule has 23 heavy (non-hydrogen) atoms. The summed E-state index contributed by atoms with van der Waals surface area (Å²) < 4.78 is 46.9. The summed E-state index contributed by atoms with van der Waals surface area (Å²) in [6.45, 7) is 11.3. The fourth-order valence-electron chi connectivity index (χ4n) is 1.62. The first-order valence-corrected chi connectivity index (χ1v) is 11.0. The Hall–Kier alpha value is -0.290. The quantitative estimate of drug-likeness (QED) is 0.361. The van der Waals surface area contributed by atoms with Crippen LogP contribution in [0.15, 0.2) is 16.8 Å². The Morgan fingerprint density at radius 2 is 1.30 bits per heavy atom. The van der Waals surface area contributed by atoms with Gasteiger partial charge in [-0.05, 0) is 41.5 Å². The minimum Gasteiger partial charge on any atom is -0.309 e. The summed E-state index contributed by atoms with van der Waals surface area (Å²) in [7, 11) is -7.13. The molecule has 0 N–H and O–H groups in total. The lowest BCUT2D eigenvalue weighted by atomic mass is 10.4. The Labute approximate surface area is 139 Å². The van der Waals surface area contributed by atoms with Crippen molar-refractivity contribution in [3.63, 3.8) is 0 Å². The summed E-state index contributed by atoms with van der Waals surface area (Å²) in [6.07, 6.45) is 1.29. The number of rotatable bonds is 12. The summed E-state index contributed by atoms with van der Waals surface area (Å²) >= 11 is 0. The molecule has 0 aliphatic rings. The Bertz CT molecular complexity index is 479. The normalized spacial score (nSPS) is 13.2. The zero-order valence-corrected chi connectivity index (χ0v) is 16.7. The molecule has 0 saturated carbocycles.